The minimum absolute atomic E-state index is 0.308. The lowest BCUT2D eigenvalue weighted by Crippen LogP contribution is -2.26. The second-order valence-electron chi connectivity index (χ2n) is 8.62. The fourth-order valence-corrected chi connectivity index (χ4v) is 4.42. The molecule has 1 aliphatic rings. The Morgan fingerprint density at radius 1 is 1.25 bits per heavy atom. The number of pyridine rings is 2. The van der Waals surface area contributed by atoms with Crippen molar-refractivity contribution in [3.8, 4) is 22.9 Å². The smallest absolute Gasteiger partial charge is 0.138 e. The Balaban J connectivity index is 1.55. The van der Waals surface area contributed by atoms with Crippen molar-refractivity contribution in [3.05, 3.63) is 48.0 Å². The molecular weight excluding hydrogens is 402 g/mol. The molecule has 3 aromatic rings. The van der Waals surface area contributed by atoms with E-state index in [0.29, 0.717) is 24.2 Å². The lowest BCUT2D eigenvalue weighted by atomic mass is 9.84. The van der Waals surface area contributed by atoms with Crippen molar-refractivity contribution in [1.82, 2.24) is 19.5 Å². The molecule has 3 aromatic heterocycles. The van der Waals surface area contributed by atoms with Crippen LogP contribution in [0.3, 0.4) is 0 Å². The molecule has 1 fully saturated rings. The first-order valence-corrected chi connectivity index (χ1v) is 11.4. The van der Waals surface area contributed by atoms with Crippen LogP contribution in [0.4, 0.5) is 0 Å². The van der Waals surface area contributed by atoms with Crippen LogP contribution >= 0.6 is 0 Å². The molecule has 0 aromatic carbocycles. The van der Waals surface area contributed by atoms with E-state index in [4.69, 9.17) is 14.5 Å². The summed E-state index contributed by atoms with van der Waals surface area (Å²) in [5, 5.41) is 13.9. The Kier molecular flexibility index (Phi) is 7.03. The van der Waals surface area contributed by atoms with Gasteiger partial charge in [0, 0.05) is 35.5 Å². The SMILES string of the molecule is CCOc1cc(-c2ccc(C3CCC[C@@H](OCCN(C)C)C3)nc2)c2c(C#N)cnn2c1. The fourth-order valence-electron chi connectivity index (χ4n) is 4.42. The van der Waals surface area contributed by atoms with Crippen molar-refractivity contribution in [2.45, 2.75) is 44.6 Å². The van der Waals surface area contributed by atoms with Crippen molar-refractivity contribution >= 4 is 5.52 Å². The highest BCUT2D eigenvalue weighted by Crippen LogP contribution is 2.35. The summed E-state index contributed by atoms with van der Waals surface area (Å²) < 4.78 is 13.5. The average Bonchev–Trinajstić information content (AvgIpc) is 3.22. The van der Waals surface area contributed by atoms with E-state index < -0.39 is 0 Å². The van der Waals surface area contributed by atoms with Crippen LogP contribution in [0.1, 0.15) is 49.8 Å². The Labute approximate surface area is 189 Å². The number of likely N-dealkylation sites (N-methyl/N-ethyl adjacent to an activating group) is 1. The van der Waals surface area contributed by atoms with Gasteiger partial charge >= 0.3 is 0 Å². The number of hydrogen-bond donors (Lipinski definition) is 0. The molecule has 7 heteroatoms. The maximum absolute atomic E-state index is 9.53. The quantitative estimate of drug-likeness (QED) is 0.528. The average molecular weight is 434 g/mol. The van der Waals surface area contributed by atoms with Gasteiger partial charge in [-0.15, -0.1) is 0 Å². The zero-order valence-electron chi connectivity index (χ0n) is 19.1. The number of aromatic nitrogens is 3. The number of nitrogens with zero attached hydrogens (tertiary/aromatic N) is 5. The summed E-state index contributed by atoms with van der Waals surface area (Å²) in [5.41, 5.74) is 4.28. The zero-order valence-corrected chi connectivity index (χ0v) is 19.1. The van der Waals surface area contributed by atoms with Crippen molar-refractivity contribution in [3.63, 3.8) is 0 Å². The van der Waals surface area contributed by atoms with Crippen LogP contribution in [0.5, 0.6) is 5.75 Å². The molecule has 0 spiro atoms. The third-order valence-corrected chi connectivity index (χ3v) is 6.05. The van der Waals surface area contributed by atoms with Crippen LogP contribution in [0, 0.1) is 11.3 Å². The van der Waals surface area contributed by atoms with Crippen LogP contribution in [0.25, 0.3) is 16.6 Å². The summed E-state index contributed by atoms with van der Waals surface area (Å²) in [7, 11) is 4.14. The van der Waals surface area contributed by atoms with Crippen molar-refractivity contribution in [2.24, 2.45) is 0 Å². The molecule has 168 valence electrons. The van der Waals surface area contributed by atoms with Gasteiger partial charge < -0.3 is 14.4 Å². The van der Waals surface area contributed by atoms with E-state index in [2.05, 4.69) is 42.3 Å². The van der Waals surface area contributed by atoms with E-state index in [1.54, 1.807) is 10.7 Å². The minimum Gasteiger partial charge on any atom is -0.492 e. The van der Waals surface area contributed by atoms with Crippen molar-refractivity contribution in [1.29, 1.82) is 5.26 Å². The molecule has 0 aliphatic heterocycles. The topological polar surface area (TPSA) is 75.7 Å². The molecule has 0 saturated heterocycles. The predicted octanol–water partition coefficient (Wildman–Crippen LogP) is 4.27. The Bertz CT molecular complexity index is 1080. The first-order valence-electron chi connectivity index (χ1n) is 11.4. The normalized spacial score (nSPS) is 18.7. The molecule has 4 rings (SSSR count). The highest BCUT2D eigenvalue weighted by Gasteiger charge is 2.25. The summed E-state index contributed by atoms with van der Waals surface area (Å²) in [5.74, 6) is 1.14. The highest BCUT2D eigenvalue weighted by atomic mass is 16.5. The molecule has 2 atom stereocenters. The molecule has 0 amide bonds. The van der Waals surface area contributed by atoms with Gasteiger partial charge in [-0.3, -0.25) is 4.98 Å². The minimum atomic E-state index is 0.308. The van der Waals surface area contributed by atoms with E-state index in [9.17, 15) is 5.26 Å². The molecule has 0 radical (unpaired) electrons. The molecule has 7 nitrogen and oxygen atoms in total. The van der Waals surface area contributed by atoms with Crippen LogP contribution in [0.15, 0.2) is 36.8 Å². The van der Waals surface area contributed by atoms with Crippen molar-refractivity contribution in [2.75, 3.05) is 33.9 Å². The third-order valence-electron chi connectivity index (χ3n) is 6.05. The van der Waals surface area contributed by atoms with Gasteiger partial charge in [0.1, 0.15) is 11.8 Å². The number of hydrogen-bond acceptors (Lipinski definition) is 6. The van der Waals surface area contributed by atoms with Gasteiger partial charge in [0.15, 0.2) is 0 Å². The van der Waals surface area contributed by atoms with Crippen LogP contribution in [-0.4, -0.2) is 59.5 Å². The van der Waals surface area contributed by atoms with Gasteiger partial charge in [-0.05, 0) is 52.4 Å². The number of rotatable bonds is 8. The highest BCUT2D eigenvalue weighted by molar-refractivity contribution is 5.85. The molecule has 1 aliphatic carbocycles. The van der Waals surface area contributed by atoms with E-state index >= 15 is 0 Å². The van der Waals surface area contributed by atoms with Gasteiger partial charge in [-0.2, -0.15) is 10.4 Å². The number of fused-ring (bicyclic) bond motifs is 1. The molecule has 0 bridgehead atoms. The van der Waals surface area contributed by atoms with Crippen LogP contribution < -0.4 is 4.74 Å². The third kappa shape index (κ3) is 4.93. The van der Waals surface area contributed by atoms with Gasteiger partial charge in [-0.1, -0.05) is 12.5 Å². The van der Waals surface area contributed by atoms with Gasteiger partial charge in [0.25, 0.3) is 0 Å². The Hall–Kier alpha value is -2.95. The van der Waals surface area contributed by atoms with E-state index in [-0.39, 0.29) is 0 Å². The first kappa shape index (κ1) is 22.3. The summed E-state index contributed by atoms with van der Waals surface area (Å²) >= 11 is 0. The van der Waals surface area contributed by atoms with Crippen LogP contribution in [0.2, 0.25) is 0 Å². The van der Waals surface area contributed by atoms with Gasteiger partial charge in [0.2, 0.25) is 0 Å². The maximum Gasteiger partial charge on any atom is 0.138 e. The summed E-state index contributed by atoms with van der Waals surface area (Å²) in [6, 6.07) is 8.42. The molecule has 32 heavy (non-hydrogen) atoms. The summed E-state index contributed by atoms with van der Waals surface area (Å²) in [6.45, 7) is 4.23. The standard InChI is InChI=1S/C25H31N5O2/c1-4-31-22-13-23(25-20(14-26)16-28-30(25)17-22)19-8-9-24(27-15-19)18-6-5-7-21(12-18)32-11-10-29(2)3/h8-9,13,15-18,21H,4-7,10-12H2,1-3H3/t18?,21-/m1/s1. The largest absolute Gasteiger partial charge is 0.492 e. The molecule has 3 heterocycles. The Morgan fingerprint density at radius 3 is 2.84 bits per heavy atom. The van der Waals surface area contributed by atoms with Gasteiger partial charge in [0.05, 0.1) is 42.8 Å². The first-order chi connectivity index (χ1) is 15.6. The lowest BCUT2D eigenvalue weighted by molar-refractivity contribution is 0.0158. The monoisotopic (exact) mass is 433 g/mol. The van der Waals surface area contributed by atoms with Crippen LogP contribution in [-0.2, 0) is 4.74 Å². The molecular formula is C25H31N5O2. The summed E-state index contributed by atoms with van der Waals surface area (Å²) in [4.78, 5) is 6.98. The van der Waals surface area contributed by atoms with Gasteiger partial charge in [-0.25, -0.2) is 4.52 Å². The maximum atomic E-state index is 9.53. The fraction of sp³-hybridized carbons (Fsp3) is 0.480. The molecule has 0 N–H and O–H groups in total. The number of nitriles is 1. The van der Waals surface area contributed by atoms with E-state index in [1.807, 2.05) is 25.4 Å². The van der Waals surface area contributed by atoms with E-state index in [0.717, 1.165) is 60.5 Å². The second-order valence-corrected chi connectivity index (χ2v) is 8.62. The van der Waals surface area contributed by atoms with E-state index in [1.165, 1.54) is 6.42 Å². The molecule has 1 saturated carbocycles. The predicted molar refractivity (Wildman–Crippen MR) is 124 cm³/mol. The second kappa shape index (κ2) is 10.1. The molecule has 1 unspecified atom stereocenters. The zero-order chi connectivity index (χ0) is 22.5. The Morgan fingerprint density at radius 2 is 2.12 bits per heavy atom. The lowest BCUT2D eigenvalue weighted by Gasteiger charge is -2.29. The number of ether oxygens (including phenoxy) is 2. The summed E-state index contributed by atoms with van der Waals surface area (Å²) in [6.07, 6.45) is 10.1. The van der Waals surface area contributed by atoms with Crippen molar-refractivity contribution < 1.29 is 9.47 Å².